The number of aryl methyl sites for hydroxylation is 1. The zero-order valence-corrected chi connectivity index (χ0v) is 11.6. The molecule has 0 bridgehead atoms. The largest absolute Gasteiger partial charge is 0.331 e. The number of urea groups is 1. The summed E-state index contributed by atoms with van der Waals surface area (Å²) in [4.78, 5) is 41.5. The summed E-state index contributed by atoms with van der Waals surface area (Å²) in [5.74, 6) is -1.66. The van der Waals surface area contributed by atoms with Gasteiger partial charge in [0.1, 0.15) is 5.92 Å². The average Bonchev–Trinajstić information content (AvgIpc) is 2.76. The van der Waals surface area contributed by atoms with E-state index in [1.165, 1.54) is 11.3 Å². The number of barbiturate groups is 1. The van der Waals surface area contributed by atoms with E-state index in [-0.39, 0.29) is 6.54 Å². The summed E-state index contributed by atoms with van der Waals surface area (Å²) in [5.41, 5.74) is 0. The number of amides is 4. The number of rotatable bonds is 4. The van der Waals surface area contributed by atoms with Crippen LogP contribution in [0.3, 0.4) is 0 Å². The van der Waals surface area contributed by atoms with Gasteiger partial charge in [0.15, 0.2) is 0 Å². The van der Waals surface area contributed by atoms with E-state index >= 15 is 0 Å². The molecule has 1 aromatic heterocycles. The quantitative estimate of drug-likeness (QED) is 0.847. The lowest BCUT2D eigenvalue weighted by Gasteiger charge is -2.29. The van der Waals surface area contributed by atoms with Gasteiger partial charge in [-0.1, -0.05) is 13.3 Å². The molecule has 0 aromatic carbocycles. The van der Waals surface area contributed by atoms with Crippen molar-refractivity contribution in [2.24, 2.45) is 5.92 Å². The first-order valence-corrected chi connectivity index (χ1v) is 6.92. The number of aromatic nitrogens is 1. The molecule has 1 saturated heterocycles. The highest BCUT2D eigenvalue weighted by Gasteiger charge is 2.39. The van der Waals surface area contributed by atoms with Crippen molar-refractivity contribution in [3.8, 4) is 0 Å². The number of nitrogens with zero attached hydrogens (tertiary/aromatic N) is 2. The smallest absolute Gasteiger partial charge is 0.277 e. The molecule has 1 aliphatic rings. The molecule has 6 nitrogen and oxygen atoms in total. The lowest BCUT2D eigenvalue weighted by atomic mass is 9.99. The van der Waals surface area contributed by atoms with Crippen molar-refractivity contribution in [3.63, 3.8) is 0 Å². The van der Waals surface area contributed by atoms with Crippen molar-refractivity contribution in [2.45, 2.75) is 33.2 Å². The third-order valence-corrected chi connectivity index (χ3v) is 3.81. The van der Waals surface area contributed by atoms with Crippen molar-refractivity contribution in [1.29, 1.82) is 0 Å². The van der Waals surface area contributed by atoms with Gasteiger partial charge in [-0.05, 0) is 13.3 Å². The molecule has 1 aliphatic heterocycles. The van der Waals surface area contributed by atoms with E-state index in [1.807, 2.05) is 13.8 Å². The number of nitrogens with one attached hydrogen (secondary N) is 1. The number of imide groups is 2. The highest BCUT2D eigenvalue weighted by molar-refractivity contribution is 7.11. The Bertz CT molecular complexity index is 526. The zero-order chi connectivity index (χ0) is 14.0. The van der Waals surface area contributed by atoms with Crippen LogP contribution in [0.2, 0.25) is 0 Å². The van der Waals surface area contributed by atoms with E-state index in [0.717, 1.165) is 14.8 Å². The number of thiazole rings is 1. The molecule has 4 amide bonds. The van der Waals surface area contributed by atoms with E-state index in [1.54, 1.807) is 6.20 Å². The van der Waals surface area contributed by atoms with Crippen molar-refractivity contribution < 1.29 is 14.4 Å². The van der Waals surface area contributed by atoms with E-state index in [0.29, 0.717) is 12.8 Å². The molecule has 1 fully saturated rings. The van der Waals surface area contributed by atoms with E-state index < -0.39 is 23.8 Å². The topological polar surface area (TPSA) is 79.4 Å². The Labute approximate surface area is 114 Å². The fraction of sp³-hybridized carbons (Fsp3) is 0.500. The Morgan fingerprint density at radius 2 is 2.16 bits per heavy atom. The van der Waals surface area contributed by atoms with Gasteiger partial charge in [0.05, 0.1) is 11.6 Å². The highest BCUT2D eigenvalue weighted by Crippen LogP contribution is 2.20. The number of carbonyl (C=O) groups is 3. The minimum absolute atomic E-state index is 0.170. The van der Waals surface area contributed by atoms with Crippen molar-refractivity contribution in [2.75, 3.05) is 0 Å². The van der Waals surface area contributed by atoms with Gasteiger partial charge in [-0.3, -0.25) is 19.8 Å². The second-order valence-electron chi connectivity index (χ2n) is 4.41. The summed E-state index contributed by atoms with van der Waals surface area (Å²) < 4.78 is 0. The standard InChI is InChI=1S/C12H15N3O3S/c1-3-4-9-10(16)14-12(18)15(11(9)17)6-8-5-13-7(2)19-8/h5,9H,3-4,6H2,1-2H3,(H,14,16,18). The number of carbonyl (C=O) groups excluding carboxylic acids is 3. The molecular weight excluding hydrogens is 266 g/mol. The molecule has 102 valence electrons. The van der Waals surface area contributed by atoms with Gasteiger partial charge < -0.3 is 0 Å². The first kappa shape index (κ1) is 13.7. The SMILES string of the molecule is CCCC1C(=O)NC(=O)N(Cc2cnc(C)s2)C1=O. The van der Waals surface area contributed by atoms with Crippen LogP contribution in [-0.2, 0) is 16.1 Å². The van der Waals surface area contributed by atoms with Crippen molar-refractivity contribution in [1.82, 2.24) is 15.2 Å². The van der Waals surface area contributed by atoms with Crippen LogP contribution >= 0.6 is 11.3 Å². The molecular formula is C12H15N3O3S. The Morgan fingerprint density at radius 1 is 1.42 bits per heavy atom. The van der Waals surface area contributed by atoms with Gasteiger partial charge in [-0.15, -0.1) is 11.3 Å². The first-order valence-electron chi connectivity index (χ1n) is 6.10. The van der Waals surface area contributed by atoms with E-state index in [4.69, 9.17) is 0 Å². The van der Waals surface area contributed by atoms with E-state index in [9.17, 15) is 14.4 Å². The Balaban J connectivity index is 2.16. The predicted molar refractivity (Wildman–Crippen MR) is 69.3 cm³/mol. The summed E-state index contributed by atoms with van der Waals surface area (Å²) in [6.45, 7) is 3.92. The lowest BCUT2D eigenvalue weighted by molar-refractivity contribution is -0.143. The van der Waals surface area contributed by atoms with Gasteiger partial charge in [0.25, 0.3) is 0 Å². The minimum Gasteiger partial charge on any atom is -0.277 e. The van der Waals surface area contributed by atoms with Crippen LogP contribution in [0.25, 0.3) is 0 Å². The van der Waals surface area contributed by atoms with Gasteiger partial charge in [-0.2, -0.15) is 0 Å². The van der Waals surface area contributed by atoms with Crippen LogP contribution < -0.4 is 5.32 Å². The minimum atomic E-state index is -0.753. The number of hydrogen-bond donors (Lipinski definition) is 1. The van der Waals surface area contributed by atoms with Gasteiger partial charge in [0.2, 0.25) is 11.8 Å². The second-order valence-corrected chi connectivity index (χ2v) is 5.72. The molecule has 1 aromatic rings. The predicted octanol–water partition coefficient (Wildman–Crippen LogP) is 1.45. The third-order valence-electron chi connectivity index (χ3n) is 2.92. The van der Waals surface area contributed by atoms with Gasteiger partial charge in [-0.25, -0.2) is 9.78 Å². The van der Waals surface area contributed by atoms with Crippen LogP contribution in [0.5, 0.6) is 0 Å². The normalized spacial score (nSPS) is 19.8. The van der Waals surface area contributed by atoms with Crippen LogP contribution in [0, 0.1) is 12.8 Å². The second kappa shape index (κ2) is 5.48. The van der Waals surface area contributed by atoms with Crippen LogP contribution in [0.4, 0.5) is 4.79 Å². The fourth-order valence-corrected chi connectivity index (χ4v) is 2.77. The molecule has 0 saturated carbocycles. The summed E-state index contributed by atoms with van der Waals surface area (Å²) >= 11 is 1.43. The summed E-state index contributed by atoms with van der Waals surface area (Å²) in [6, 6.07) is -0.645. The summed E-state index contributed by atoms with van der Waals surface area (Å²) in [5, 5.41) is 3.11. The van der Waals surface area contributed by atoms with E-state index in [2.05, 4.69) is 10.3 Å². The molecule has 1 unspecified atom stereocenters. The number of hydrogen-bond acceptors (Lipinski definition) is 5. The van der Waals surface area contributed by atoms with Crippen LogP contribution in [0.1, 0.15) is 29.7 Å². The maximum atomic E-state index is 12.2. The van der Waals surface area contributed by atoms with Crippen molar-refractivity contribution in [3.05, 3.63) is 16.1 Å². The lowest BCUT2D eigenvalue weighted by Crippen LogP contribution is -2.57. The monoisotopic (exact) mass is 281 g/mol. The molecule has 0 spiro atoms. The molecule has 1 atom stereocenters. The maximum Gasteiger partial charge on any atom is 0.331 e. The van der Waals surface area contributed by atoms with Gasteiger partial charge in [0, 0.05) is 11.1 Å². The fourth-order valence-electron chi connectivity index (χ4n) is 1.99. The molecule has 0 radical (unpaired) electrons. The molecule has 0 aliphatic carbocycles. The molecule has 1 N–H and O–H groups in total. The van der Waals surface area contributed by atoms with Crippen LogP contribution in [-0.4, -0.2) is 27.7 Å². The molecule has 2 rings (SSSR count). The molecule has 7 heteroatoms. The summed E-state index contributed by atoms with van der Waals surface area (Å²) in [7, 11) is 0. The Morgan fingerprint density at radius 3 is 2.74 bits per heavy atom. The molecule has 2 heterocycles. The average molecular weight is 281 g/mol. The third kappa shape index (κ3) is 2.81. The van der Waals surface area contributed by atoms with Crippen LogP contribution in [0.15, 0.2) is 6.20 Å². The Kier molecular flexibility index (Phi) is 3.94. The Hall–Kier alpha value is -1.76. The zero-order valence-electron chi connectivity index (χ0n) is 10.8. The van der Waals surface area contributed by atoms with Crippen molar-refractivity contribution >= 4 is 29.2 Å². The first-order chi connectivity index (χ1) is 9.02. The highest BCUT2D eigenvalue weighted by atomic mass is 32.1. The summed E-state index contributed by atoms with van der Waals surface area (Å²) in [6.07, 6.45) is 2.81. The molecule has 19 heavy (non-hydrogen) atoms. The maximum absolute atomic E-state index is 12.2. The van der Waals surface area contributed by atoms with Gasteiger partial charge >= 0.3 is 6.03 Å².